The molecule has 0 aromatic heterocycles. The second-order valence-corrected chi connectivity index (χ2v) is 4.52. The molecule has 1 unspecified atom stereocenters. The molecule has 1 N–H and O–H groups in total. The molecule has 1 aromatic carbocycles. The second kappa shape index (κ2) is 6.31. The van der Waals surface area contributed by atoms with E-state index >= 15 is 0 Å². The first-order valence-electron chi connectivity index (χ1n) is 6.29. The van der Waals surface area contributed by atoms with Gasteiger partial charge in [0.1, 0.15) is 6.04 Å². The minimum Gasteiger partial charge on any atom is -0.333 e. The summed E-state index contributed by atoms with van der Waals surface area (Å²) in [6.07, 6.45) is 2.01. The Bertz CT molecular complexity index is 406. The molecule has 1 aliphatic heterocycles. The Labute approximate surface area is 107 Å². The van der Waals surface area contributed by atoms with Gasteiger partial charge in [-0.05, 0) is 12.0 Å². The number of benzene rings is 1. The van der Waals surface area contributed by atoms with E-state index in [1.807, 2.05) is 30.3 Å². The number of carbonyl (C=O) groups is 2. The summed E-state index contributed by atoms with van der Waals surface area (Å²) in [6.45, 7) is 1.96. The molecule has 4 nitrogen and oxygen atoms in total. The molecule has 0 radical (unpaired) electrons. The Morgan fingerprint density at radius 2 is 2.17 bits per heavy atom. The zero-order chi connectivity index (χ0) is 12.8. The van der Waals surface area contributed by atoms with E-state index in [0.29, 0.717) is 19.5 Å². The molecule has 0 spiro atoms. The summed E-state index contributed by atoms with van der Waals surface area (Å²) < 4.78 is 0. The number of Topliss-reactive ketones (excluding diaryl/α,β-unsaturated/α-hetero) is 1. The standard InChI is InChI=1S/C14H18N2O2/c17-11-16-9-8-15-10-13(16)14(18)7-6-12-4-2-1-3-5-12/h1-5,11,13,15H,6-10H2. The maximum Gasteiger partial charge on any atom is 0.210 e. The van der Waals surface area contributed by atoms with E-state index < -0.39 is 0 Å². The third-order valence-electron chi connectivity index (χ3n) is 3.29. The number of nitrogens with one attached hydrogen (secondary N) is 1. The molecule has 1 atom stereocenters. The van der Waals surface area contributed by atoms with E-state index in [1.54, 1.807) is 4.90 Å². The Hall–Kier alpha value is -1.68. The number of piperazine rings is 1. The van der Waals surface area contributed by atoms with Crippen LogP contribution in [0.1, 0.15) is 12.0 Å². The van der Waals surface area contributed by atoms with Crippen molar-refractivity contribution in [1.82, 2.24) is 10.2 Å². The minimum atomic E-state index is -0.292. The van der Waals surface area contributed by atoms with Crippen molar-refractivity contribution in [2.45, 2.75) is 18.9 Å². The Kier molecular flexibility index (Phi) is 4.47. The van der Waals surface area contributed by atoms with Crippen molar-refractivity contribution in [3.63, 3.8) is 0 Å². The Morgan fingerprint density at radius 1 is 1.39 bits per heavy atom. The number of aryl methyl sites for hydroxylation is 1. The average molecular weight is 246 g/mol. The largest absolute Gasteiger partial charge is 0.333 e. The zero-order valence-electron chi connectivity index (χ0n) is 10.3. The molecular weight excluding hydrogens is 228 g/mol. The first-order valence-corrected chi connectivity index (χ1v) is 6.29. The fourth-order valence-corrected chi connectivity index (χ4v) is 2.22. The van der Waals surface area contributed by atoms with E-state index in [1.165, 1.54) is 0 Å². The lowest BCUT2D eigenvalue weighted by Gasteiger charge is -2.32. The molecule has 1 saturated heterocycles. The van der Waals surface area contributed by atoms with Crippen molar-refractivity contribution in [3.05, 3.63) is 35.9 Å². The first-order chi connectivity index (χ1) is 8.81. The van der Waals surface area contributed by atoms with Crippen molar-refractivity contribution < 1.29 is 9.59 Å². The minimum absolute atomic E-state index is 0.137. The average Bonchev–Trinajstić information content (AvgIpc) is 2.45. The van der Waals surface area contributed by atoms with Crippen LogP contribution in [0.25, 0.3) is 0 Å². The van der Waals surface area contributed by atoms with Crippen LogP contribution < -0.4 is 5.32 Å². The number of ketones is 1. The zero-order valence-corrected chi connectivity index (χ0v) is 10.3. The highest BCUT2D eigenvalue weighted by Gasteiger charge is 2.26. The van der Waals surface area contributed by atoms with Crippen molar-refractivity contribution >= 4 is 12.2 Å². The Morgan fingerprint density at radius 3 is 2.89 bits per heavy atom. The van der Waals surface area contributed by atoms with Crippen LogP contribution in [0, 0.1) is 0 Å². The maximum absolute atomic E-state index is 12.1. The van der Waals surface area contributed by atoms with Crippen LogP contribution >= 0.6 is 0 Å². The van der Waals surface area contributed by atoms with Crippen LogP contribution in [0.15, 0.2) is 30.3 Å². The van der Waals surface area contributed by atoms with Crippen LogP contribution in [-0.4, -0.2) is 42.8 Å². The van der Waals surface area contributed by atoms with Crippen LogP contribution in [0.2, 0.25) is 0 Å². The summed E-state index contributed by atoms with van der Waals surface area (Å²) in [7, 11) is 0. The van der Waals surface area contributed by atoms with Gasteiger partial charge in [0.15, 0.2) is 5.78 Å². The van der Waals surface area contributed by atoms with Gasteiger partial charge in [-0.2, -0.15) is 0 Å². The first kappa shape index (κ1) is 12.8. The summed E-state index contributed by atoms with van der Waals surface area (Å²) in [5.74, 6) is 0.137. The summed E-state index contributed by atoms with van der Waals surface area (Å²) >= 11 is 0. The number of hydrogen-bond donors (Lipinski definition) is 1. The number of hydrogen-bond acceptors (Lipinski definition) is 3. The van der Waals surface area contributed by atoms with Gasteiger partial charge in [0, 0.05) is 26.1 Å². The molecule has 18 heavy (non-hydrogen) atoms. The van der Waals surface area contributed by atoms with E-state index in [2.05, 4.69) is 5.32 Å². The highest BCUT2D eigenvalue weighted by Crippen LogP contribution is 2.08. The van der Waals surface area contributed by atoms with Gasteiger partial charge in [0.05, 0.1) is 0 Å². The topological polar surface area (TPSA) is 49.4 Å². The molecule has 0 bridgehead atoms. The molecule has 0 saturated carbocycles. The maximum atomic E-state index is 12.1. The van der Waals surface area contributed by atoms with E-state index in [9.17, 15) is 9.59 Å². The SMILES string of the molecule is O=CN1CCNCC1C(=O)CCc1ccccc1. The van der Waals surface area contributed by atoms with Crippen LogP contribution in [-0.2, 0) is 16.0 Å². The lowest BCUT2D eigenvalue weighted by molar-refractivity contribution is -0.132. The Balaban J connectivity index is 1.89. The summed E-state index contributed by atoms with van der Waals surface area (Å²) in [5.41, 5.74) is 1.16. The van der Waals surface area contributed by atoms with Crippen LogP contribution in [0.5, 0.6) is 0 Å². The number of carbonyl (C=O) groups excluding carboxylic acids is 2. The predicted molar refractivity (Wildman–Crippen MR) is 69.2 cm³/mol. The second-order valence-electron chi connectivity index (χ2n) is 4.52. The highest BCUT2D eigenvalue weighted by molar-refractivity contribution is 5.86. The van der Waals surface area contributed by atoms with Gasteiger partial charge in [-0.1, -0.05) is 30.3 Å². The monoisotopic (exact) mass is 246 g/mol. The molecule has 1 aromatic rings. The summed E-state index contributed by atoms with van der Waals surface area (Å²) in [6, 6.07) is 9.65. The predicted octanol–water partition coefficient (Wildman–Crippen LogP) is 0.619. The van der Waals surface area contributed by atoms with Crippen molar-refractivity contribution in [2.24, 2.45) is 0 Å². The van der Waals surface area contributed by atoms with Crippen molar-refractivity contribution in [3.8, 4) is 0 Å². The lowest BCUT2D eigenvalue weighted by Crippen LogP contribution is -2.54. The third kappa shape index (κ3) is 3.17. The van der Waals surface area contributed by atoms with Gasteiger partial charge >= 0.3 is 0 Å². The van der Waals surface area contributed by atoms with Gasteiger partial charge in [-0.25, -0.2) is 0 Å². The van der Waals surface area contributed by atoms with E-state index in [4.69, 9.17) is 0 Å². The number of rotatable bonds is 5. The van der Waals surface area contributed by atoms with Crippen LogP contribution in [0.4, 0.5) is 0 Å². The molecule has 1 heterocycles. The molecule has 2 rings (SSSR count). The van der Waals surface area contributed by atoms with Gasteiger partial charge in [0.25, 0.3) is 0 Å². The molecular formula is C14H18N2O2. The quantitative estimate of drug-likeness (QED) is 0.775. The molecule has 96 valence electrons. The lowest BCUT2D eigenvalue weighted by atomic mass is 10.0. The third-order valence-corrected chi connectivity index (χ3v) is 3.29. The van der Waals surface area contributed by atoms with Gasteiger partial charge < -0.3 is 10.2 Å². The van der Waals surface area contributed by atoms with Crippen molar-refractivity contribution in [1.29, 1.82) is 0 Å². The van der Waals surface area contributed by atoms with E-state index in [0.717, 1.165) is 24.9 Å². The smallest absolute Gasteiger partial charge is 0.210 e. The fourth-order valence-electron chi connectivity index (χ4n) is 2.22. The molecule has 1 fully saturated rings. The molecule has 0 aliphatic carbocycles. The molecule has 4 heteroatoms. The van der Waals surface area contributed by atoms with E-state index in [-0.39, 0.29) is 11.8 Å². The summed E-state index contributed by atoms with van der Waals surface area (Å²) in [4.78, 5) is 24.6. The summed E-state index contributed by atoms with van der Waals surface area (Å²) in [5, 5.41) is 3.16. The fraction of sp³-hybridized carbons (Fsp3) is 0.429. The van der Waals surface area contributed by atoms with Gasteiger partial charge in [-0.3, -0.25) is 9.59 Å². The van der Waals surface area contributed by atoms with Crippen molar-refractivity contribution in [2.75, 3.05) is 19.6 Å². The van der Waals surface area contributed by atoms with Gasteiger partial charge in [0.2, 0.25) is 6.41 Å². The highest BCUT2D eigenvalue weighted by atomic mass is 16.1. The molecule has 1 aliphatic rings. The molecule has 1 amide bonds. The number of amides is 1. The van der Waals surface area contributed by atoms with Gasteiger partial charge in [-0.15, -0.1) is 0 Å². The normalized spacial score (nSPS) is 19.6. The number of nitrogens with zero attached hydrogens (tertiary/aromatic N) is 1. The van der Waals surface area contributed by atoms with Crippen LogP contribution in [0.3, 0.4) is 0 Å².